The van der Waals surface area contributed by atoms with Crippen LogP contribution < -0.4 is 5.32 Å². The molecule has 2 aromatic rings. The van der Waals surface area contributed by atoms with Gasteiger partial charge in [-0.1, -0.05) is 11.6 Å². The van der Waals surface area contributed by atoms with Gasteiger partial charge in [0.15, 0.2) is 5.75 Å². The van der Waals surface area contributed by atoms with Crippen molar-refractivity contribution in [3.8, 4) is 5.75 Å². The number of nitro benzene ring substituents is 1. The quantitative estimate of drug-likeness (QED) is 0.555. The summed E-state index contributed by atoms with van der Waals surface area (Å²) in [5, 5.41) is 33.7. The third-order valence-corrected chi connectivity index (χ3v) is 3.29. The molecule has 0 aliphatic carbocycles. The van der Waals surface area contributed by atoms with E-state index in [0.29, 0.717) is 11.1 Å². The highest BCUT2D eigenvalue weighted by Crippen LogP contribution is 2.33. The molecular formula is C14H14ClN3O4. The molecule has 116 valence electrons. The van der Waals surface area contributed by atoms with Gasteiger partial charge in [0.25, 0.3) is 0 Å². The van der Waals surface area contributed by atoms with Crippen molar-refractivity contribution in [1.29, 1.82) is 0 Å². The number of aromatic nitrogens is 1. The summed E-state index contributed by atoms with van der Waals surface area (Å²) in [6.07, 6.45) is 2.40. The van der Waals surface area contributed by atoms with Gasteiger partial charge in [-0.2, -0.15) is 0 Å². The number of aliphatic hydroxyl groups excluding tert-OH is 1. The van der Waals surface area contributed by atoms with Crippen LogP contribution in [0.25, 0.3) is 0 Å². The summed E-state index contributed by atoms with van der Waals surface area (Å²) >= 11 is 5.80. The Morgan fingerprint density at radius 3 is 2.68 bits per heavy atom. The maximum atomic E-state index is 10.8. The Morgan fingerprint density at radius 2 is 2.05 bits per heavy atom. The number of nitrogens with one attached hydrogen (secondary N) is 1. The summed E-state index contributed by atoms with van der Waals surface area (Å²) in [6.45, 7) is 0.346. The molecular weight excluding hydrogens is 310 g/mol. The molecule has 0 aliphatic heterocycles. The Kier molecular flexibility index (Phi) is 5.26. The Labute approximate surface area is 131 Å². The third kappa shape index (κ3) is 3.91. The standard InChI is InChI=1S/C14H14ClN3O4/c15-11-5-10(14(20)12(6-11)18(21)22)7-17-8-13(19)9-1-3-16-4-2-9/h1-6,13,17,19-20H,7-8H2. The molecule has 0 saturated carbocycles. The molecule has 7 nitrogen and oxygen atoms in total. The van der Waals surface area contributed by atoms with Gasteiger partial charge < -0.3 is 15.5 Å². The van der Waals surface area contributed by atoms with Crippen LogP contribution in [0.15, 0.2) is 36.7 Å². The summed E-state index contributed by atoms with van der Waals surface area (Å²) in [4.78, 5) is 14.0. The van der Waals surface area contributed by atoms with Crippen LogP contribution >= 0.6 is 11.6 Å². The zero-order chi connectivity index (χ0) is 16.1. The fourth-order valence-corrected chi connectivity index (χ4v) is 2.20. The van der Waals surface area contributed by atoms with Gasteiger partial charge in [0.1, 0.15) is 0 Å². The number of halogens is 1. The molecule has 1 unspecified atom stereocenters. The van der Waals surface area contributed by atoms with E-state index < -0.39 is 22.5 Å². The Hall–Kier alpha value is -2.22. The smallest absolute Gasteiger partial charge is 0.312 e. The monoisotopic (exact) mass is 323 g/mol. The fraction of sp³-hybridized carbons (Fsp3) is 0.214. The van der Waals surface area contributed by atoms with E-state index in [2.05, 4.69) is 10.3 Å². The normalized spacial score (nSPS) is 12.1. The highest BCUT2D eigenvalue weighted by Gasteiger charge is 2.18. The van der Waals surface area contributed by atoms with Crippen molar-refractivity contribution in [2.75, 3.05) is 6.54 Å². The minimum Gasteiger partial charge on any atom is -0.502 e. The first-order valence-corrected chi connectivity index (χ1v) is 6.81. The van der Waals surface area contributed by atoms with Gasteiger partial charge in [0.2, 0.25) is 0 Å². The summed E-state index contributed by atoms with van der Waals surface area (Å²) in [5.74, 6) is -0.430. The first kappa shape index (κ1) is 16.2. The van der Waals surface area contributed by atoms with E-state index in [0.717, 1.165) is 6.07 Å². The summed E-state index contributed by atoms with van der Waals surface area (Å²) in [5.41, 5.74) is 0.545. The maximum Gasteiger partial charge on any atom is 0.312 e. The van der Waals surface area contributed by atoms with Gasteiger partial charge in [0.05, 0.1) is 11.0 Å². The highest BCUT2D eigenvalue weighted by molar-refractivity contribution is 6.31. The van der Waals surface area contributed by atoms with Gasteiger partial charge in [-0.3, -0.25) is 15.1 Å². The molecule has 22 heavy (non-hydrogen) atoms. The van der Waals surface area contributed by atoms with Crippen molar-refractivity contribution in [1.82, 2.24) is 10.3 Å². The number of hydrogen-bond donors (Lipinski definition) is 3. The fourth-order valence-electron chi connectivity index (χ4n) is 1.96. The molecule has 1 atom stereocenters. The molecule has 0 aliphatic rings. The molecule has 0 saturated heterocycles. The van der Waals surface area contributed by atoms with E-state index in [1.807, 2.05) is 0 Å². The molecule has 0 bridgehead atoms. The van der Waals surface area contributed by atoms with Crippen LogP contribution in [0.3, 0.4) is 0 Å². The van der Waals surface area contributed by atoms with Gasteiger partial charge >= 0.3 is 5.69 Å². The lowest BCUT2D eigenvalue weighted by molar-refractivity contribution is -0.385. The average molecular weight is 324 g/mol. The van der Waals surface area contributed by atoms with Crippen LogP contribution in [-0.2, 0) is 6.54 Å². The molecule has 1 heterocycles. The van der Waals surface area contributed by atoms with Gasteiger partial charge in [0, 0.05) is 42.1 Å². The Balaban J connectivity index is 2.02. The highest BCUT2D eigenvalue weighted by atomic mass is 35.5. The number of nitro groups is 1. The molecule has 0 amide bonds. The van der Waals surface area contributed by atoms with E-state index in [1.54, 1.807) is 24.5 Å². The van der Waals surface area contributed by atoms with Gasteiger partial charge in [-0.15, -0.1) is 0 Å². The van der Waals surface area contributed by atoms with Crippen molar-refractivity contribution in [2.45, 2.75) is 12.6 Å². The second kappa shape index (κ2) is 7.17. The summed E-state index contributed by atoms with van der Waals surface area (Å²) in [7, 11) is 0. The SMILES string of the molecule is O=[N+]([O-])c1cc(Cl)cc(CNCC(O)c2ccncc2)c1O. The second-order valence-corrected chi connectivity index (χ2v) is 5.05. The van der Waals surface area contributed by atoms with Crippen LogP contribution in [0.1, 0.15) is 17.2 Å². The van der Waals surface area contributed by atoms with Crippen LogP contribution in [-0.4, -0.2) is 26.7 Å². The predicted octanol–water partition coefficient (Wildman–Crippen LogP) is 2.17. The molecule has 0 fully saturated rings. The first-order valence-electron chi connectivity index (χ1n) is 6.43. The molecule has 1 aromatic carbocycles. The number of benzene rings is 1. The van der Waals surface area contributed by atoms with E-state index in [-0.39, 0.29) is 18.1 Å². The number of phenols is 1. The maximum absolute atomic E-state index is 10.8. The van der Waals surface area contributed by atoms with Crippen molar-refractivity contribution < 1.29 is 15.1 Å². The van der Waals surface area contributed by atoms with E-state index >= 15 is 0 Å². The van der Waals surface area contributed by atoms with E-state index in [9.17, 15) is 20.3 Å². The van der Waals surface area contributed by atoms with Crippen molar-refractivity contribution in [3.63, 3.8) is 0 Å². The molecule has 0 radical (unpaired) electrons. The largest absolute Gasteiger partial charge is 0.502 e. The van der Waals surface area contributed by atoms with Crippen LogP contribution in [0.5, 0.6) is 5.75 Å². The zero-order valence-corrected chi connectivity index (χ0v) is 12.2. The van der Waals surface area contributed by atoms with Crippen LogP contribution in [0, 0.1) is 10.1 Å². The number of hydrogen-bond acceptors (Lipinski definition) is 6. The number of phenolic OH excluding ortho intramolecular Hbond substituents is 1. The number of aromatic hydroxyl groups is 1. The number of pyridine rings is 1. The topological polar surface area (TPSA) is 109 Å². The minimum absolute atomic E-state index is 0.134. The van der Waals surface area contributed by atoms with Crippen molar-refractivity contribution >= 4 is 17.3 Å². The number of nitrogens with zero attached hydrogens (tertiary/aromatic N) is 2. The zero-order valence-electron chi connectivity index (χ0n) is 11.4. The lowest BCUT2D eigenvalue weighted by atomic mass is 10.1. The molecule has 0 spiro atoms. The lowest BCUT2D eigenvalue weighted by Crippen LogP contribution is -2.21. The summed E-state index contributed by atoms with van der Waals surface area (Å²) in [6, 6.07) is 5.91. The van der Waals surface area contributed by atoms with Gasteiger partial charge in [-0.25, -0.2) is 0 Å². The van der Waals surface area contributed by atoms with Crippen molar-refractivity contribution in [3.05, 3.63) is 62.9 Å². The lowest BCUT2D eigenvalue weighted by Gasteiger charge is -2.12. The molecule has 3 N–H and O–H groups in total. The Bertz CT molecular complexity index is 667. The number of aliphatic hydroxyl groups is 1. The Morgan fingerprint density at radius 1 is 1.36 bits per heavy atom. The van der Waals surface area contributed by atoms with Gasteiger partial charge in [-0.05, 0) is 23.8 Å². The van der Waals surface area contributed by atoms with Crippen LogP contribution in [0.4, 0.5) is 5.69 Å². The van der Waals surface area contributed by atoms with Crippen molar-refractivity contribution in [2.24, 2.45) is 0 Å². The minimum atomic E-state index is -0.751. The van der Waals surface area contributed by atoms with E-state index in [4.69, 9.17) is 11.6 Å². The predicted molar refractivity (Wildman–Crippen MR) is 80.7 cm³/mol. The number of rotatable bonds is 6. The summed E-state index contributed by atoms with van der Waals surface area (Å²) < 4.78 is 0. The van der Waals surface area contributed by atoms with Crippen LogP contribution in [0.2, 0.25) is 5.02 Å². The first-order chi connectivity index (χ1) is 10.5. The molecule has 8 heteroatoms. The average Bonchev–Trinajstić information content (AvgIpc) is 2.50. The third-order valence-electron chi connectivity index (χ3n) is 3.07. The second-order valence-electron chi connectivity index (χ2n) is 4.62. The van der Waals surface area contributed by atoms with E-state index in [1.165, 1.54) is 6.07 Å². The molecule has 2 rings (SSSR count). The molecule has 1 aromatic heterocycles.